The predicted molar refractivity (Wildman–Crippen MR) is 62.3 cm³/mol. The Hall–Kier alpha value is -1.07. The van der Waals surface area contributed by atoms with Crippen LogP contribution in [0.5, 0.6) is 0 Å². The van der Waals surface area contributed by atoms with E-state index in [0.717, 1.165) is 27.7 Å². The van der Waals surface area contributed by atoms with Crippen LogP contribution in [0, 0.1) is 6.92 Å². The summed E-state index contributed by atoms with van der Waals surface area (Å²) in [6.07, 6.45) is 2.50. The molecule has 0 amide bonds. The number of thiazole rings is 1. The summed E-state index contributed by atoms with van der Waals surface area (Å²) < 4.78 is 1.80. The number of halogens is 1. The van der Waals surface area contributed by atoms with Crippen molar-refractivity contribution in [3.63, 3.8) is 0 Å². The molecule has 2 N–H and O–H groups in total. The van der Waals surface area contributed by atoms with Gasteiger partial charge in [0.2, 0.25) is 0 Å². The van der Waals surface area contributed by atoms with Crippen LogP contribution in [0.1, 0.15) is 16.3 Å². The Morgan fingerprint density at radius 1 is 1.60 bits per heavy atom. The topological polar surface area (TPSA) is 56.7 Å². The van der Waals surface area contributed by atoms with Gasteiger partial charge in [-0.15, -0.1) is 11.3 Å². The van der Waals surface area contributed by atoms with Crippen LogP contribution in [0.25, 0.3) is 0 Å². The molecule has 0 bridgehead atoms. The lowest BCUT2D eigenvalue weighted by molar-refractivity contribution is 0.718. The van der Waals surface area contributed by atoms with E-state index in [2.05, 4.69) is 10.1 Å². The van der Waals surface area contributed by atoms with E-state index in [1.165, 1.54) is 11.3 Å². The van der Waals surface area contributed by atoms with E-state index in [4.69, 9.17) is 17.3 Å². The quantitative estimate of drug-likeness (QED) is 0.877. The van der Waals surface area contributed by atoms with Crippen molar-refractivity contribution in [2.45, 2.75) is 13.3 Å². The number of aryl methyl sites for hydroxylation is 2. The third kappa shape index (κ3) is 1.98. The summed E-state index contributed by atoms with van der Waals surface area (Å²) in [7, 11) is 1.89. The normalized spacial score (nSPS) is 10.9. The Kier molecular flexibility index (Phi) is 2.67. The Labute approximate surface area is 96.7 Å². The fraction of sp³-hybridized carbons (Fsp3) is 0.333. The summed E-state index contributed by atoms with van der Waals surface area (Å²) in [5.41, 5.74) is 7.42. The zero-order chi connectivity index (χ0) is 11.0. The number of aromatic nitrogens is 3. The van der Waals surface area contributed by atoms with E-state index in [9.17, 15) is 0 Å². The lowest BCUT2D eigenvalue weighted by atomic mass is 10.2. The summed E-state index contributed by atoms with van der Waals surface area (Å²) >= 11 is 7.62. The summed E-state index contributed by atoms with van der Waals surface area (Å²) in [4.78, 5) is 5.10. The molecule has 0 aromatic carbocycles. The summed E-state index contributed by atoms with van der Waals surface area (Å²) in [5, 5.41) is 5.56. The maximum absolute atomic E-state index is 6.14. The van der Waals surface area contributed by atoms with Gasteiger partial charge in [-0.05, 0) is 6.92 Å². The highest BCUT2D eigenvalue weighted by Crippen LogP contribution is 2.25. The lowest BCUT2D eigenvalue weighted by Crippen LogP contribution is -1.98. The Bertz CT molecular complexity index is 488. The molecule has 0 radical (unpaired) electrons. The number of nitrogens with two attached hydrogens (primary N) is 1. The lowest BCUT2D eigenvalue weighted by Gasteiger charge is -1.99. The van der Waals surface area contributed by atoms with Gasteiger partial charge in [0.25, 0.3) is 0 Å². The number of rotatable bonds is 2. The van der Waals surface area contributed by atoms with Gasteiger partial charge < -0.3 is 5.73 Å². The molecule has 0 saturated heterocycles. The van der Waals surface area contributed by atoms with Crippen molar-refractivity contribution < 1.29 is 0 Å². The van der Waals surface area contributed by atoms with Crippen LogP contribution in [0.3, 0.4) is 0 Å². The number of nitrogens with zero attached hydrogens (tertiary/aromatic N) is 3. The number of anilines is 1. The van der Waals surface area contributed by atoms with E-state index < -0.39 is 0 Å². The molecule has 80 valence electrons. The second kappa shape index (κ2) is 3.83. The van der Waals surface area contributed by atoms with E-state index >= 15 is 0 Å². The van der Waals surface area contributed by atoms with Crippen molar-refractivity contribution in [2.75, 3.05) is 5.73 Å². The summed E-state index contributed by atoms with van der Waals surface area (Å²) in [6.45, 7) is 1.90. The van der Waals surface area contributed by atoms with Crippen molar-refractivity contribution in [1.29, 1.82) is 0 Å². The highest BCUT2D eigenvalue weighted by Gasteiger charge is 2.12. The van der Waals surface area contributed by atoms with Crippen LogP contribution in [0.2, 0.25) is 5.02 Å². The highest BCUT2D eigenvalue weighted by atomic mass is 35.5. The van der Waals surface area contributed by atoms with Gasteiger partial charge in [-0.3, -0.25) is 4.68 Å². The molecule has 0 spiro atoms. The van der Waals surface area contributed by atoms with Crippen LogP contribution < -0.4 is 5.73 Å². The molecule has 0 unspecified atom stereocenters. The van der Waals surface area contributed by atoms with Gasteiger partial charge in [0, 0.05) is 24.5 Å². The van der Waals surface area contributed by atoms with Crippen LogP contribution in [-0.2, 0) is 13.5 Å². The maximum atomic E-state index is 6.14. The van der Waals surface area contributed by atoms with Crippen LogP contribution >= 0.6 is 22.9 Å². The Balaban J connectivity index is 2.31. The largest absolute Gasteiger partial charge is 0.375 e. The second-order valence-electron chi connectivity index (χ2n) is 3.31. The average molecular weight is 243 g/mol. The minimum absolute atomic E-state index is 0.583. The number of hydrogen-bond acceptors (Lipinski definition) is 4. The van der Waals surface area contributed by atoms with Gasteiger partial charge in [0.05, 0.1) is 16.4 Å². The van der Waals surface area contributed by atoms with E-state index in [0.29, 0.717) is 5.13 Å². The Morgan fingerprint density at radius 3 is 2.80 bits per heavy atom. The molecular weight excluding hydrogens is 232 g/mol. The minimum Gasteiger partial charge on any atom is -0.375 e. The zero-order valence-electron chi connectivity index (χ0n) is 8.49. The number of hydrogen-bond donors (Lipinski definition) is 1. The van der Waals surface area contributed by atoms with Crippen LogP contribution in [0.15, 0.2) is 6.20 Å². The van der Waals surface area contributed by atoms with Crippen molar-refractivity contribution in [3.05, 3.63) is 27.5 Å². The molecule has 0 aliphatic heterocycles. The van der Waals surface area contributed by atoms with E-state index in [1.807, 2.05) is 14.0 Å². The molecule has 0 aliphatic carbocycles. The SMILES string of the molecule is Cc1nn(C)c(Cc2cnc(N)s2)c1Cl. The zero-order valence-corrected chi connectivity index (χ0v) is 10.1. The first kappa shape index (κ1) is 10.4. The molecule has 2 rings (SSSR count). The highest BCUT2D eigenvalue weighted by molar-refractivity contribution is 7.15. The molecular formula is C9H11ClN4S. The second-order valence-corrected chi connectivity index (χ2v) is 4.84. The molecule has 2 aromatic heterocycles. The third-order valence-electron chi connectivity index (χ3n) is 2.17. The van der Waals surface area contributed by atoms with Gasteiger partial charge in [-0.2, -0.15) is 5.10 Å². The molecule has 4 nitrogen and oxygen atoms in total. The first-order chi connectivity index (χ1) is 7.08. The van der Waals surface area contributed by atoms with Crippen molar-refractivity contribution in [2.24, 2.45) is 7.05 Å². The van der Waals surface area contributed by atoms with E-state index in [1.54, 1.807) is 10.9 Å². The molecule has 15 heavy (non-hydrogen) atoms. The van der Waals surface area contributed by atoms with Gasteiger partial charge in [-0.25, -0.2) is 4.98 Å². The molecule has 0 aliphatic rings. The smallest absolute Gasteiger partial charge is 0.180 e. The first-order valence-corrected chi connectivity index (χ1v) is 5.65. The predicted octanol–water partition coefficient (Wildman–Crippen LogP) is 2.01. The number of nitrogen functional groups attached to an aromatic ring is 1. The van der Waals surface area contributed by atoms with Crippen molar-refractivity contribution in [3.8, 4) is 0 Å². The average Bonchev–Trinajstić information content (AvgIpc) is 2.67. The van der Waals surface area contributed by atoms with Crippen molar-refractivity contribution in [1.82, 2.24) is 14.8 Å². The fourth-order valence-electron chi connectivity index (χ4n) is 1.44. The van der Waals surface area contributed by atoms with Gasteiger partial charge in [-0.1, -0.05) is 11.6 Å². The van der Waals surface area contributed by atoms with Gasteiger partial charge >= 0.3 is 0 Å². The van der Waals surface area contributed by atoms with Gasteiger partial charge in [0.15, 0.2) is 5.13 Å². The van der Waals surface area contributed by atoms with Crippen molar-refractivity contribution >= 4 is 28.1 Å². The molecule has 0 atom stereocenters. The maximum Gasteiger partial charge on any atom is 0.180 e. The standard InChI is InChI=1S/C9H11ClN4S/c1-5-8(10)7(14(2)13-5)3-6-4-12-9(11)15-6/h4H,3H2,1-2H3,(H2,11,12). The van der Waals surface area contributed by atoms with Crippen LogP contribution in [0.4, 0.5) is 5.13 Å². The first-order valence-electron chi connectivity index (χ1n) is 4.46. The fourth-order valence-corrected chi connectivity index (χ4v) is 2.36. The van der Waals surface area contributed by atoms with E-state index in [-0.39, 0.29) is 0 Å². The van der Waals surface area contributed by atoms with Crippen LogP contribution in [-0.4, -0.2) is 14.8 Å². The Morgan fingerprint density at radius 2 is 2.33 bits per heavy atom. The molecule has 6 heteroatoms. The summed E-state index contributed by atoms with van der Waals surface area (Å²) in [5.74, 6) is 0. The third-order valence-corrected chi connectivity index (χ3v) is 3.49. The molecule has 0 saturated carbocycles. The molecule has 2 heterocycles. The monoisotopic (exact) mass is 242 g/mol. The molecule has 0 fully saturated rings. The molecule has 2 aromatic rings. The minimum atomic E-state index is 0.583. The van der Waals surface area contributed by atoms with Gasteiger partial charge in [0.1, 0.15) is 0 Å². The summed E-state index contributed by atoms with van der Waals surface area (Å²) in [6, 6.07) is 0.